The zero-order valence-corrected chi connectivity index (χ0v) is 15.8. The fourth-order valence-corrected chi connectivity index (χ4v) is 3.75. The zero-order valence-electron chi connectivity index (χ0n) is 15.8. The van der Waals surface area contributed by atoms with Crippen molar-refractivity contribution in [3.05, 3.63) is 64.7 Å². The molecule has 0 aromatic heterocycles. The highest BCUT2D eigenvalue weighted by atomic mass is 14.2. The lowest BCUT2D eigenvalue weighted by Crippen LogP contribution is -2.10. The first kappa shape index (κ1) is 17.0. The van der Waals surface area contributed by atoms with E-state index in [0.29, 0.717) is 5.92 Å². The van der Waals surface area contributed by atoms with E-state index in [1.54, 1.807) is 5.57 Å². The summed E-state index contributed by atoms with van der Waals surface area (Å²) in [5, 5.41) is 0. The van der Waals surface area contributed by atoms with Crippen molar-refractivity contribution >= 4 is 6.08 Å². The Morgan fingerprint density at radius 1 is 1.00 bits per heavy atom. The van der Waals surface area contributed by atoms with E-state index in [4.69, 9.17) is 0 Å². The van der Waals surface area contributed by atoms with Gasteiger partial charge in [-0.05, 0) is 52.0 Å². The zero-order chi connectivity index (χ0) is 17.3. The maximum Gasteiger partial charge on any atom is -0.00490 e. The van der Waals surface area contributed by atoms with Gasteiger partial charge in [0.05, 0.1) is 0 Å². The van der Waals surface area contributed by atoms with Crippen LogP contribution in [0.4, 0.5) is 0 Å². The molecule has 1 aliphatic carbocycles. The molecule has 0 bridgehead atoms. The molecule has 0 aliphatic heterocycles. The number of hydrogen-bond acceptors (Lipinski definition) is 0. The first-order chi connectivity index (χ1) is 11.4. The SMILES string of the molecule is CCCC(C)C1=Cc2cccc(-c3ccc(C(C)(C)C)cc3)c2C1. The van der Waals surface area contributed by atoms with Crippen LogP contribution in [-0.4, -0.2) is 0 Å². The van der Waals surface area contributed by atoms with Crippen LogP contribution in [0.15, 0.2) is 48.0 Å². The van der Waals surface area contributed by atoms with Crippen LogP contribution < -0.4 is 0 Å². The van der Waals surface area contributed by atoms with E-state index in [0.717, 1.165) is 6.42 Å². The highest BCUT2D eigenvalue weighted by molar-refractivity contribution is 5.77. The van der Waals surface area contributed by atoms with Crippen molar-refractivity contribution in [1.82, 2.24) is 0 Å². The van der Waals surface area contributed by atoms with E-state index < -0.39 is 0 Å². The van der Waals surface area contributed by atoms with Crippen LogP contribution in [0.3, 0.4) is 0 Å². The minimum Gasteiger partial charge on any atom is -0.0654 e. The number of rotatable bonds is 4. The Kier molecular flexibility index (Phi) is 4.67. The third-order valence-corrected chi connectivity index (χ3v) is 5.35. The standard InChI is InChI=1S/C24H30/c1-6-8-17(2)20-15-19-9-7-10-22(23(19)16-20)18-11-13-21(14-12-18)24(3,4)5/h7,9-15,17H,6,8,16H2,1-5H3. The van der Waals surface area contributed by atoms with Gasteiger partial charge in [0.15, 0.2) is 0 Å². The smallest absolute Gasteiger partial charge is 0.00490 e. The molecule has 0 amide bonds. The van der Waals surface area contributed by atoms with Gasteiger partial charge < -0.3 is 0 Å². The van der Waals surface area contributed by atoms with Crippen LogP contribution in [0.1, 0.15) is 64.2 Å². The largest absolute Gasteiger partial charge is 0.0654 e. The highest BCUT2D eigenvalue weighted by Crippen LogP contribution is 2.37. The minimum atomic E-state index is 0.210. The average Bonchev–Trinajstić information content (AvgIpc) is 2.98. The van der Waals surface area contributed by atoms with Gasteiger partial charge in [0.25, 0.3) is 0 Å². The summed E-state index contributed by atoms with van der Waals surface area (Å²) in [6.07, 6.45) is 6.10. The third kappa shape index (κ3) is 3.34. The molecule has 0 heteroatoms. The molecule has 1 atom stereocenters. The number of allylic oxidation sites excluding steroid dienone is 1. The van der Waals surface area contributed by atoms with Crippen molar-refractivity contribution in [1.29, 1.82) is 0 Å². The molecule has 0 radical (unpaired) electrons. The lowest BCUT2D eigenvalue weighted by atomic mass is 9.85. The maximum atomic E-state index is 2.43. The summed E-state index contributed by atoms with van der Waals surface area (Å²) in [6.45, 7) is 11.5. The van der Waals surface area contributed by atoms with Crippen LogP contribution in [0.2, 0.25) is 0 Å². The molecular weight excluding hydrogens is 288 g/mol. The van der Waals surface area contributed by atoms with Crippen molar-refractivity contribution in [3.8, 4) is 11.1 Å². The van der Waals surface area contributed by atoms with Crippen molar-refractivity contribution in [2.45, 2.75) is 59.3 Å². The molecule has 24 heavy (non-hydrogen) atoms. The van der Waals surface area contributed by atoms with E-state index in [2.05, 4.69) is 83.2 Å². The molecule has 2 aromatic rings. The maximum absolute atomic E-state index is 2.43. The summed E-state index contributed by atoms with van der Waals surface area (Å²) in [5.41, 5.74) is 8.89. The van der Waals surface area contributed by atoms with Gasteiger partial charge in [0, 0.05) is 0 Å². The summed E-state index contributed by atoms with van der Waals surface area (Å²) in [6, 6.07) is 15.9. The predicted octanol–water partition coefficient (Wildman–Crippen LogP) is 7.03. The highest BCUT2D eigenvalue weighted by Gasteiger charge is 2.20. The first-order valence-corrected chi connectivity index (χ1v) is 9.33. The molecule has 0 spiro atoms. The average molecular weight is 319 g/mol. The molecule has 1 unspecified atom stereocenters. The second-order valence-electron chi connectivity index (χ2n) is 8.29. The van der Waals surface area contributed by atoms with E-state index in [9.17, 15) is 0 Å². The Morgan fingerprint density at radius 2 is 1.71 bits per heavy atom. The molecule has 3 rings (SSSR count). The van der Waals surface area contributed by atoms with E-state index >= 15 is 0 Å². The first-order valence-electron chi connectivity index (χ1n) is 9.33. The predicted molar refractivity (Wildman–Crippen MR) is 106 cm³/mol. The van der Waals surface area contributed by atoms with Crippen LogP contribution in [-0.2, 0) is 11.8 Å². The van der Waals surface area contributed by atoms with Crippen molar-refractivity contribution in [2.75, 3.05) is 0 Å². The molecule has 2 aromatic carbocycles. The molecule has 0 heterocycles. The normalized spacial score (nSPS) is 15.1. The van der Waals surface area contributed by atoms with Crippen LogP contribution in [0.5, 0.6) is 0 Å². The lowest BCUT2D eigenvalue weighted by molar-refractivity contribution is 0.590. The molecule has 126 valence electrons. The van der Waals surface area contributed by atoms with Crippen molar-refractivity contribution in [3.63, 3.8) is 0 Å². The minimum absolute atomic E-state index is 0.210. The fourth-order valence-electron chi connectivity index (χ4n) is 3.75. The van der Waals surface area contributed by atoms with Gasteiger partial charge in [-0.25, -0.2) is 0 Å². The van der Waals surface area contributed by atoms with Crippen LogP contribution in [0, 0.1) is 5.92 Å². The summed E-state index contributed by atoms with van der Waals surface area (Å²) in [5.74, 6) is 0.693. The molecule has 0 N–H and O–H groups in total. The second-order valence-corrected chi connectivity index (χ2v) is 8.29. The van der Waals surface area contributed by atoms with E-state index in [-0.39, 0.29) is 5.41 Å². The Labute approximate surface area is 147 Å². The van der Waals surface area contributed by atoms with Gasteiger partial charge in [-0.2, -0.15) is 0 Å². The van der Waals surface area contributed by atoms with Crippen LogP contribution in [0.25, 0.3) is 17.2 Å². The Morgan fingerprint density at radius 3 is 2.33 bits per heavy atom. The van der Waals surface area contributed by atoms with Gasteiger partial charge >= 0.3 is 0 Å². The molecule has 0 saturated carbocycles. The second kappa shape index (κ2) is 6.59. The summed E-state index contributed by atoms with van der Waals surface area (Å²) >= 11 is 0. The molecule has 1 aliphatic rings. The quantitative estimate of drug-likeness (QED) is 0.568. The van der Waals surface area contributed by atoms with Gasteiger partial charge in [0.2, 0.25) is 0 Å². The lowest BCUT2D eigenvalue weighted by Gasteiger charge is -2.19. The molecule has 0 fully saturated rings. The third-order valence-electron chi connectivity index (χ3n) is 5.35. The molecule has 0 nitrogen and oxygen atoms in total. The summed E-state index contributed by atoms with van der Waals surface area (Å²) in [7, 11) is 0. The number of hydrogen-bond donors (Lipinski definition) is 0. The molecule has 0 saturated heterocycles. The Bertz CT molecular complexity index is 739. The Balaban J connectivity index is 1.91. The molecular formula is C24H30. The monoisotopic (exact) mass is 318 g/mol. The van der Waals surface area contributed by atoms with Gasteiger partial charge in [0.1, 0.15) is 0 Å². The van der Waals surface area contributed by atoms with Gasteiger partial charge in [-0.1, -0.05) is 95.2 Å². The van der Waals surface area contributed by atoms with E-state index in [1.165, 1.54) is 40.7 Å². The summed E-state index contributed by atoms with van der Waals surface area (Å²) < 4.78 is 0. The van der Waals surface area contributed by atoms with Crippen molar-refractivity contribution < 1.29 is 0 Å². The summed E-state index contributed by atoms with van der Waals surface area (Å²) in [4.78, 5) is 0. The number of benzene rings is 2. The van der Waals surface area contributed by atoms with Gasteiger partial charge in [-0.15, -0.1) is 0 Å². The van der Waals surface area contributed by atoms with Gasteiger partial charge in [-0.3, -0.25) is 0 Å². The van der Waals surface area contributed by atoms with E-state index in [1.807, 2.05) is 0 Å². The fraction of sp³-hybridized carbons (Fsp3) is 0.417. The van der Waals surface area contributed by atoms with Crippen molar-refractivity contribution in [2.24, 2.45) is 5.92 Å². The Hall–Kier alpha value is -1.82. The topological polar surface area (TPSA) is 0 Å². The number of fused-ring (bicyclic) bond motifs is 1. The van der Waals surface area contributed by atoms with Crippen LogP contribution >= 0.6 is 0 Å².